The number of aryl methyl sites for hydroxylation is 1. The first-order chi connectivity index (χ1) is 4.22. The zero-order valence-electron chi connectivity index (χ0n) is 5.13. The number of nitrogens with zero attached hydrogens (tertiary/aromatic N) is 1. The lowest BCUT2D eigenvalue weighted by molar-refractivity contribution is 0.169. The molecule has 1 aromatic heterocycles. The van der Waals surface area contributed by atoms with Crippen molar-refractivity contribution in [1.82, 2.24) is 4.73 Å². The third-order valence-corrected chi connectivity index (χ3v) is 1.18. The number of aromatic nitrogens is 1. The van der Waals surface area contributed by atoms with Gasteiger partial charge in [-0.1, -0.05) is 6.07 Å². The van der Waals surface area contributed by atoms with E-state index in [4.69, 9.17) is 10.6 Å². The van der Waals surface area contributed by atoms with Crippen LogP contribution in [-0.2, 0) is 0 Å². The van der Waals surface area contributed by atoms with Crippen LogP contribution in [0.2, 0.25) is 0 Å². The molecule has 3 heteroatoms. The fourth-order valence-electron chi connectivity index (χ4n) is 0.603. The van der Waals surface area contributed by atoms with E-state index in [2.05, 4.69) is 0 Å². The molecular formula is C6H8N2O. The molecule has 0 aliphatic carbocycles. The maximum absolute atomic E-state index is 8.83. The highest BCUT2D eigenvalue weighted by atomic mass is 16.5. The molecule has 3 nitrogen and oxygen atoms in total. The smallest absolute Gasteiger partial charge is 0.163 e. The van der Waals surface area contributed by atoms with E-state index in [0.717, 1.165) is 10.3 Å². The number of pyridine rings is 1. The Hall–Kier alpha value is -1.25. The Balaban J connectivity index is 3.43. The minimum absolute atomic E-state index is 0.137. The van der Waals surface area contributed by atoms with E-state index in [1.54, 1.807) is 19.1 Å². The van der Waals surface area contributed by atoms with Crippen LogP contribution in [0.3, 0.4) is 0 Å². The molecule has 0 aromatic carbocycles. The normalized spacial score (nSPS) is 9.44. The fraction of sp³-hybridized carbons (Fsp3) is 0.167. The summed E-state index contributed by atoms with van der Waals surface area (Å²) in [5.74, 6) is 0. The minimum Gasteiger partial charge on any atom is -0.427 e. The van der Waals surface area contributed by atoms with Crippen molar-refractivity contribution in [3.05, 3.63) is 29.4 Å². The molecule has 0 saturated carbocycles. The van der Waals surface area contributed by atoms with E-state index < -0.39 is 0 Å². The number of nitrogens with one attached hydrogen (secondary N) is 1. The first-order valence-electron chi connectivity index (χ1n) is 2.64. The molecule has 0 spiro atoms. The van der Waals surface area contributed by atoms with E-state index in [1.807, 2.05) is 0 Å². The Bertz CT molecular complexity index is 241. The third kappa shape index (κ3) is 0.937. The van der Waals surface area contributed by atoms with Gasteiger partial charge in [0.15, 0.2) is 5.49 Å². The summed E-state index contributed by atoms with van der Waals surface area (Å²) >= 11 is 0. The third-order valence-electron chi connectivity index (χ3n) is 1.18. The van der Waals surface area contributed by atoms with E-state index in [-0.39, 0.29) is 5.49 Å². The van der Waals surface area contributed by atoms with Crippen molar-refractivity contribution in [2.75, 3.05) is 0 Å². The van der Waals surface area contributed by atoms with Crippen molar-refractivity contribution < 1.29 is 5.21 Å². The predicted molar refractivity (Wildman–Crippen MR) is 32.2 cm³/mol. The molecule has 1 rings (SSSR count). The van der Waals surface area contributed by atoms with Crippen LogP contribution in [0.4, 0.5) is 0 Å². The molecule has 0 bridgehead atoms. The highest BCUT2D eigenvalue weighted by Crippen LogP contribution is 1.84. The molecule has 1 aromatic rings. The molecule has 48 valence electrons. The quantitative estimate of drug-likeness (QED) is 0.486. The Morgan fingerprint density at radius 1 is 1.67 bits per heavy atom. The van der Waals surface area contributed by atoms with Gasteiger partial charge in [-0.25, -0.2) is 0 Å². The van der Waals surface area contributed by atoms with Crippen LogP contribution in [0.5, 0.6) is 0 Å². The zero-order chi connectivity index (χ0) is 6.85. The monoisotopic (exact) mass is 124 g/mol. The SMILES string of the molecule is Cc1cccn(O)c1=N. The number of rotatable bonds is 0. The lowest BCUT2D eigenvalue weighted by Crippen LogP contribution is -2.18. The lowest BCUT2D eigenvalue weighted by Gasteiger charge is -1.96. The molecule has 0 aliphatic rings. The van der Waals surface area contributed by atoms with Crippen LogP contribution in [0.1, 0.15) is 5.56 Å². The minimum atomic E-state index is 0.137. The summed E-state index contributed by atoms with van der Waals surface area (Å²) in [6, 6.07) is 3.46. The molecule has 1 heterocycles. The van der Waals surface area contributed by atoms with E-state index in [1.165, 1.54) is 6.20 Å². The molecule has 9 heavy (non-hydrogen) atoms. The molecule has 0 amide bonds. The first kappa shape index (κ1) is 5.88. The second kappa shape index (κ2) is 1.93. The maximum atomic E-state index is 8.83. The molecule has 0 aliphatic heterocycles. The summed E-state index contributed by atoms with van der Waals surface area (Å²) in [5, 5.41) is 16.0. The fourth-order valence-corrected chi connectivity index (χ4v) is 0.603. The van der Waals surface area contributed by atoms with Gasteiger partial charge in [-0.05, 0) is 18.6 Å². The Kier molecular flexibility index (Phi) is 1.26. The van der Waals surface area contributed by atoms with E-state index >= 15 is 0 Å². The zero-order valence-corrected chi connectivity index (χ0v) is 5.13. The Morgan fingerprint density at radius 2 is 2.33 bits per heavy atom. The van der Waals surface area contributed by atoms with Gasteiger partial charge in [-0.3, -0.25) is 5.41 Å². The van der Waals surface area contributed by atoms with Gasteiger partial charge in [0.25, 0.3) is 0 Å². The van der Waals surface area contributed by atoms with Gasteiger partial charge in [0.1, 0.15) is 0 Å². The average Bonchev–Trinajstić information content (AvgIpc) is 1.83. The highest BCUT2D eigenvalue weighted by Gasteiger charge is 1.88. The summed E-state index contributed by atoms with van der Waals surface area (Å²) in [7, 11) is 0. The van der Waals surface area contributed by atoms with Crippen molar-refractivity contribution in [3.8, 4) is 0 Å². The van der Waals surface area contributed by atoms with Crippen molar-refractivity contribution >= 4 is 0 Å². The van der Waals surface area contributed by atoms with Gasteiger partial charge in [0, 0.05) is 6.20 Å². The first-order valence-corrected chi connectivity index (χ1v) is 2.64. The summed E-state index contributed by atoms with van der Waals surface area (Å²) in [6.07, 6.45) is 1.43. The standard InChI is InChI=1S/C6H8N2O/c1-5-3-2-4-8(9)6(5)7/h2-4,7,9H,1H3. The molecule has 0 atom stereocenters. The number of hydrogen-bond acceptors (Lipinski definition) is 2. The molecule has 2 N–H and O–H groups in total. The van der Waals surface area contributed by atoms with Gasteiger partial charge < -0.3 is 5.21 Å². The molecule has 0 unspecified atom stereocenters. The van der Waals surface area contributed by atoms with Crippen LogP contribution in [-0.4, -0.2) is 9.94 Å². The van der Waals surface area contributed by atoms with Crippen LogP contribution in [0, 0.1) is 12.3 Å². The Labute approximate surface area is 52.7 Å². The van der Waals surface area contributed by atoms with Crippen molar-refractivity contribution in [2.24, 2.45) is 0 Å². The molecule has 0 saturated heterocycles. The predicted octanol–water partition coefficient (Wildman–Crippen LogP) is 0.513. The summed E-state index contributed by atoms with van der Waals surface area (Å²) in [5.41, 5.74) is 0.900. The van der Waals surface area contributed by atoms with E-state index in [0.29, 0.717) is 0 Å². The van der Waals surface area contributed by atoms with Crippen molar-refractivity contribution in [3.63, 3.8) is 0 Å². The number of hydrogen-bond donors (Lipinski definition) is 2. The second-order valence-corrected chi connectivity index (χ2v) is 1.88. The van der Waals surface area contributed by atoms with Gasteiger partial charge in [0.2, 0.25) is 0 Å². The molecule has 0 radical (unpaired) electrons. The van der Waals surface area contributed by atoms with Gasteiger partial charge in [-0.15, -0.1) is 0 Å². The summed E-state index contributed by atoms with van der Waals surface area (Å²) in [6.45, 7) is 1.77. The molecule has 0 fully saturated rings. The highest BCUT2D eigenvalue weighted by molar-refractivity contribution is 5.04. The van der Waals surface area contributed by atoms with Crippen LogP contribution < -0.4 is 5.49 Å². The van der Waals surface area contributed by atoms with Crippen molar-refractivity contribution in [1.29, 1.82) is 5.41 Å². The second-order valence-electron chi connectivity index (χ2n) is 1.88. The lowest BCUT2D eigenvalue weighted by atomic mass is 10.3. The van der Waals surface area contributed by atoms with Gasteiger partial charge in [0.05, 0.1) is 0 Å². The van der Waals surface area contributed by atoms with Crippen LogP contribution in [0.25, 0.3) is 0 Å². The Morgan fingerprint density at radius 3 is 2.78 bits per heavy atom. The average molecular weight is 124 g/mol. The maximum Gasteiger partial charge on any atom is 0.163 e. The largest absolute Gasteiger partial charge is 0.427 e. The van der Waals surface area contributed by atoms with Gasteiger partial charge in [-0.2, -0.15) is 4.73 Å². The van der Waals surface area contributed by atoms with Crippen LogP contribution >= 0.6 is 0 Å². The summed E-state index contributed by atoms with van der Waals surface area (Å²) in [4.78, 5) is 0. The van der Waals surface area contributed by atoms with Gasteiger partial charge >= 0.3 is 0 Å². The molecular weight excluding hydrogens is 116 g/mol. The van der Waals surface area contributed by atoms with Crippen molar-refractivity contribution in [2.45, 2.75) is 6.92 Å². The van der Waals surface area contributed by atoms with Crippen LogP contribution in [0.15, 0.2) is 18.3 Å². The topological polar surface area (TPSA) is 49.0 Å². The summed E-state index contributed by atoms with van der Waals surface area (Å²) < 4.78 is 0.787. The van der Waals surface area contributed by atoms with E-state index in [9.17, 15) is 0 Å².